The van der Waals surface area contributed by atoms with E-state index < -0.39 is 6.10 Å². The van der Waals surface area contributed by atoms with Crippen molar-refractivity contribution in [3.8, 4) is 0 Å². The van der Waals surface area contributed by atoms with Crippen molar-refractivity contribution in [1.82, 2.24) is 0 Å². The highest BCUT2D eigenvalue weighted by molar-refractivity contribution is 5.71. The van der Waals surface area contributed by atoms with Crippen molar-refractivity contribution in [3.63, 3.8) is 0 Å². The van der Waals surface area contributed by atoms with Gasteiger partial charge in [0.2, 0.25) is 0 Å². The van der Waals surface area contributed by atoms with Crippen molar-refractivity contribution >= 4 is 17.9 Å². The number of esters is 3. The summed E-state index contributed by atoms with van der Waals surface area (Å²) in [4.78, 5) is 38.1. The van der Waals surface area contributed by atoms with E-state index in [0.717, 1.165) is 70.6 Å². The molecule has 0 fully saturated rings. The summed E-state index contributed by atoms with van der Waals surface area (Å²) in [5.41, 5.74) is 0. The van der Waals surface area contributed by atoms with Gasteiger partial charge in [-0.05, 0) is 109 Å². The lowest BCUT2D eigenvalue weighted by Gasteiger charge is -2.18. The van der Waals surface area contributed by atoms with Crippen LogP contribution in [0.1, 0.15) is 278 Å². The van der Waals surface area contributed by atoms with Gasteiger partial charge >= 0.3 is 17.9 Å². The molecule has 0 heterocycles. The first-order valence-corrected chi connectivity index (χ1v) is 28.4. The van der Waals surface area contributed by atoms with Crippen LogP contribution in [0.3, 0.4) is 0 Å². The highest BCUT2D eigenvalue weighted by Gasteiger charge is 2.19. The maximum absolute atomic E-state index is 12.8. The molecule has 0 rings (SSSR count). The third-order valence-electron chi connectivity index (χ3n) is 12.2. The number of carbonyl (C=O) groups is 3. The van der Waals surface area contributed by atoms with Crippen LogP contribution < -0.4 is 0 Å². The minimum absolute atomic E-state index is 0.0997. The van der Waals surface area contributed by atoms with Gasteiger partial charge < -0.3 is 14.2 Å². The molecule has 6 nitrogen and oxygen atoms in total. The van der Waals surface area contributed by atoms with E-state index in [9.17, 15) is 14.4 Å². The Bertz CT molecular complexity index is 1260. The van der Waals surface area contributed by atoms with E-state index in [1.807, 2.05) is 0 Å². The Hall–Kier alpha value is -3.15. The second-order valence-electron chi connectivity index (χ2n) is 18.8. The van der Waals surface area contributed by atoms with Crippen LogP contribution in [0, 0.1) is 0 Å². The topological polar surface area (TPSA) is 78.9 Å². The van der Waals surface area contributed by atoms with Crippen molar-refractivity contribution in [2.45, 2.75) is 284 Å². The molecule has 0 unspecified atom stereocenters. The van der Waals surface area contributed by atoms with Crippen LogP contribution in [-0.2, 0) is 28.6 Å². The largest absolute Gasteiger partial charge is 0.462 e. The van der Waals surface area contributed by atoms with Crippen LogP contribution in [-0.4, -0.2) is 37.2 Å². The van der Waals surface area contributed by atoms with Crippen LogP contribution in [0.15, 0.2) is 72.9 Å². The third kappa shape index (κ3) is 53.7. The third-order valence-corrected chi connectivity index (χ3v) is 12.2. The monoisotopic (exact) mass is 935 g/mol. The molecule has 67 heavy (non-hydrogen) atoms. The highest BCUT2D eigenvalue weighted by atomic mass is 16.6. The van der Waals surface area contributed by atoms with Gasteiger partial charge in [-0.25, -0.2) is 0 Å². The van der Waals surface area contributed by atoms with Gasteiger partial charge in [0.05, 0.1) is 0 Å². The second kappa shape index (κ2) is 55.4. The molecule has 0 aromatic heterocycles. The van der Waals surface area contributed by atoms with Crippen molar-refractivity contribution in [2.75, 3.05) is 13.2 Å². The summed E-state index contributed by atoms with van der Waals surface area (Å²) in [6, 6.07) is 0. The Morgan fingerprint density at radius 2 is 0.552 bits per heavy atom. The average molecular weight is 936 g/mol. The zero-order valence-electron chi connectivity index (χ0n) is 44.2. The van der Waals surface area contributed by atoms with Gasteiger partial charge in [0.15, 0.2) is 6.10 Å². The maximum Gasteiger partial charge on any atom is 0.306 e. The SMILES string of the molecule is CCCCC/C=C\C/C=C\CCCCCCCCCCCC(=O)OC[C@H](COC(=O)CCCCCCC/C=C\CCCCCC)OC(=O)CCC/C=C\C/C=C\C/C=C\CCCCCCCC. The summed E-state index contributed by atoms with van der Waals surface area (Å²) in [5, 5.41) is 0. The Kier molecular flexibility index (Phi) is 52.8. The minimum Gasteiger partial charge on any atom is -0.462 e. The molecule has 0 spiro atoms. The molecule has 0 aliphatic heterocycles. The van der Waals surface area contributed by atoms with E-state index in [4.69, 9.17) is 14.2 Å². The zero-order chi connectivity index (χ0) is 48.6. The van der Waals surface area contributed by atoms with Gasteiger partial charge in [-0.3, -0.25) is 14.4 Å². The van der Waals surface area contributed by atoms with Crippen LogP contribution >= 0.6 is 0 Å². The van der Waals surface area contributed by atoms with E-state index >= 15 is 0 Å². The van der Waals surface area contributed by atoms with E-state index in [0.29, 0.717) is 19.3 Å². The molecule has 6 heteroatoms. The average Bonchev–Trinajstić information content (AvgIpc) is 3.33. The molecular weight excluding hydrogens is 829 g/mol. The minimum atomic E-state index is -0.807. The Morgan fingerprint density at radius 1 is 0.299 bits per heavy atom. The van der Waals surface area contributed by atoms with Crippen LogP contribution in [0.25, 0.3) is 0 Å². The lowest BCUT2D eigenvalue weighted by molar-refractivity contribution is -0.167. The predicted molar refractivity (Wildman–Crippen MR) is 288 cm³/mol. The van der Waals surface area contributed by atoms with E-state index in [-0.39, 0.29) is 37.5 Å². The van der Waals surface area contributed by atoms with E-state index in [1.54, 1.807) is 0 Å². The first kappa shape index (κ1) is 63.8. The molecule has 0 amide bonds. The van der Waals surface area contributed by atoms with E-state index in [1.165, 1.54) is 161 Å². The lowest BCUT2D eigenvalue weighted by atomic mass is 10.1. The maximum atomic E-state index is 12.8. The molecule has 386 valence electrons. The molecule has 1 atom stereocenters. The molecule has 0 radical (unpaired) electrons. The van der Waals surface area contributed by atoms with Crippen LogP contribution in [0.4, 0.5) is 0 Å². The molecule has 0 saturated carbocycles. The smallest absolute Gasteiger partial charge is 0.306 e. The number of allylic oxidation sites excluding steroid dienone is 12. The summed E-state index contributed by atoms with van der Waals surface area (Å²) in [6.45, 7) is 6.55. The van der Waals surface area contributed by atoms with Gasteiger partial charge in [0.1, 0.15) is 13.2 Å². The van der Waals surface area contributed by atoms with Gasteiger partial charge in [-0.2, -0.15) is 0 Å². The molecule has 0 aromatic carbocycles. The van der Waals surface area contributed by atoms with E-state index in [2.05, 4.69) is 93.7 Å². The van der Waals surface area contributed by atoms with Gasteiger partial charge in [-0.1, -0.05) is 222 Å². The summed E-state index contributed by atoms with van der Waals surface area (Å²) < 4.78 is 16.8. The Balaban J connectivity index is 4.44. The molecule has 0 saturated heterocycles. The van der Waals surface area contributed by atoms with Crippen molar-refractivity contribution < 1.29 is 28.6 Å². The first-order valence-electron chi connectivity index (χ1n) is 28.4. The van der Waals surface area contributed by atoms with Crippen LogP contribution in [0.5, 0.6) is 0 Å². The molecular formula is C61H106O6. The Labute approximate surface area is 414 Å². The fourth-order valence-electron chi connectivity index (χ4n) is 7.84. The van der Waals surface area contributed by atoms with Crippen molar-refractivity contribution in [3.05, 3.63) is 72.9 Å². The predicted octanol–water partition coefficient (Wildman–Crippen LogP) is 19.0. The van der Waals surface area contributed by atoms with Crippen molar-refractivity contribution in [1.29, 1.82) is 0 Å². The second-order valence-corrected chi connectivity index (χ2v) is 18.8. The number of unbranched alkanes of at least 4 members (excludes halogenated alkanes) is 28. The van der Waals surface area contributed by atoms with Crippen molar-refractivity contribution in [2.24, 2.45) is 0 Å². The molecule has 0 aliphatic carbocycles. The standard InChI is InChI=1S/C61H106O6/c1-4-7-10-13-16-19-22-25-27-29-30-32-33-36-39-42-45-48-51-54-60(63)66-57-58(56-65-59(62)53-50-47-44-41-38-35-24-21-18-15-12-9-6-3)67-61(64)55-52-49-46-43-40-37-34-31-28-26-23-20-17-14-11-8-5-2/h16,19,21,24-28,34,37,43,46,58H,4-15,17-18,20,22-23,29-33,35-36,38-42,44-45,47-57H2,1-3H3/b19-16-,24-21-,27-25-,28-26-,37-34-,46-43-/t58-/m0/s1. The summed E-state index contributed by atoms with van der Waals surface area (Å²) in [5.74, 6) is -0.959. The number of hydrogen-bond acceptors (Lipinski definition) is 6. The number of carbonyl (C=O) groups excluding carboxylic acids is 3. The lowest BCUT2D eigenvalue weighted by Crippen LogP contribution is -2.30. The first-order chi connectivity index (χ1) is 33.0. The number of hydrogen-bond donors (Lipinski definition) is 0. The summed E-state index contributed by atoms with van der Waals surface area (Å²) in [6.07, 6.45) is 70.4. The van der Waals surface area contributed by atoms with Gasteiger partial charge in [-0.15, -0.1) is 0 Å². The highest BCUT2D eigenvalue weighted by Crippen LogP contribution is 2.14. The quantitative estimate of drug-likeness (QED) is 0.0262. The van der Waals surface area contributed by atoms with Gasteiger partial charge in [0, 0.05) is 19.3 Å². The fraction of sp³-hybridized carbons (Fsp3) is 0.754. The molecule has 0 bridgehead atoms. The van der Waals surface area contributed by atoms with Gasteiger partial charge in [0.25, 0.3) is 0 Å². The fourth-order valence-corrected chi connectivity index (χ4v) is 7.84. The summed E-state index contributed by atoms with van der Waals surface area (Å²) >= 11 is 0. The van der Waals surface area contributed by atoms with Crippen LogP contribution in [0.2, 0.25) is 0 Å². The molecule has 0 aliphatic rings. The number of rotatable bonds is 51. The zero-order valence-corrected chi connectivity index (χ0v) is 44.2. The summed E-state index contributed by atoms with van der Waals surface area (Å²) in [7, 11) is 0. The molecule has 0 aromatic rings. The Morgan fingerprint density at radius 3 is 0.940 bits per heavy atom. The molecule has 0 N–H and O–H groups in total. The normalized spacial score (nSPS) is 12.6. The number of ether oxygens (including phenoxy) is 3.